The van der Waals surface area contributed by atoms with E-state index in [1.807, 2.05) is 38.1 Å². The number of ether oxygens (including phenoxy) is 2. The summed E-state index contributed by atoms with van der Waals surface area (Å²) < 4.78 is 11.8. The molecule has 0 saturated carbocycles. The Morgan fingerprint density at radius 1 is 1.25 bits per heavy atom. The van der Waals surface area contributed by atoms with Gasteiger partial charge in [-0.15, -0.1) is 0 Å². The molecule has 3 heteroatoms. The molecule has 3 nitrogen and oxygen atoms in total. The van der Waals surface area contributed by atoms with Gasteiger partial charge in [0.25, 0.3) is 0 Å². The van der Waals surface area contributed by atoms with Crippen molar-refractivity contribution >= 4 is 0 Å². The normalized spacial score (nSPS) is 22.3. The number of rotatable bonds is 3. The third-order valence-electron chi connectivity index (χ3n) is 3.16. The number of para-hydroxylation sites is 1. The molecule has 2 rings (SSSR count). The zero-order chi connectivity index (χ0) is 11.6. The van der Waals surface area contributed by atoms with Crippen LogP contribution < -0.4 is 4.74 Å². The summed E-state index contributed by atoms with van der Waals surface area (Å²) in [6.07, 6.45) is 1.27. The highest BCUT2D eigenvalue weighted by Gasteiger charge is 2.38. The summed E-state index contributed by atoms with van der Waals surface area (Å²) in [4.78, 5) is 0. The summed E-state index contributed by atoms with van der Waals surface area (Å²) in [6, 6.07) is 7.74. The van der Waals surface area contributed by atoms with E-state index in [-0.39, 0.29) is 12.7 Å². The average molecular weight is 222 g/mol. The highest BCUT2D eigenvalue weighted by atomic mass is 16.7. The Labute approximate surface area is 96.0 Å². The van der Waals surface area contributed by atoms with Crippen molar-refractivity contribution in [3.05, 3.63) is 29.8 Å². The molecule has 0 radical (unpaired) electrons. The first-order valence-electron chi connectivity index (χ1n) is 5.81. The highest BCUT2D eigenvalue weighted by molar-refractivity contribution is 5.37. The maximum Gasteiger partial charge on any atom is 0.210 e. The van der Waals surface area contributed by atoms with E-state index >= 15 is 0 Å². The van der Waals surface area contributed by atoms with Crippen molar-refractivity contribution in [2.75, 3.05) is 6.61 Å². The molecule has 1 atom stereocenters. The lowest BCUT2D eigenvalue weighted by Crippen LogP contribution is -2.43. The van der Waals surface area contributed by atoms with Gasteiger partial charge in [-0.25, -0.2) is 0 Å². The van der Waals surface area contributed by atoms with Crippen molar-refractivity contribution in [1.29, 1.82) is 0 Å². The zero-order valence-electron chi connectivity index (χ0n) is 9.77. The van der Waals surface area contributed by atoms with Crippen molar-refractivity contribution in [3.63, 3.8) is 0 Å². The van der Waals surface area contributed by atoms with Crippen LogP contribution in [0.5, 0.6) is 5.75 Å². The molecule has 0 unspecified atom stereocenters. The molecule has 1 heterocycles. The predicted molar refractivity (Wildman–Crippen MR) is 61.3 cm³/mol. The predicted octanol–water partition coefficient (Wildman–Crippen LogP) is 2.65. The Morgan fingerprint density at radius 2 is 1.94 bits per heavy atom. The van der Waals surface area contributed by atoms with E-state index in [1.54, 1.807) is 0 Å². The fourth-order valence-corrected chi connectivity index (χ4v) is 2.08. The lowest BCUT2D eigenvalue weighted by Gasteiger charge is -2.40. The number of hydrogen-bond donors (Lipinski definition) is 1. The first kappa shape index (κ1) is 11.4. The van der Waals surface area contributed by atoms with Gasteiger partial charge in [0.15, 0.2) is 0 Å². The zero-order valence-corrected chi connectivity index (χ0v) is 9.77. The lowest BCUT2D eigenvalue weighted by molar-refractivity contribution is -0.239. The summed E-state index contributed by atoms with van der Waals surface area (Å²) in [6.45, 7) is 4.06. The van der Waals surface area contributed by atoms with Gasteiger partial charge in [0.05, 0.1) is 6.61 Å². The summed E-state index contributed by atoms with van der Waals surface area (Å²) in [5, 5.41) is 9.38. The van der Waals surface area contributed by atoms with Crippen molar-refractivity contribution in [1.82, 2.24) is 0 Å². The Balaban J connectivity index is 2.38. The molecule has 88 valence electrons. The monoisotopic (exact) mass is 222 g/mol. The quantitative estimate of drug-likeness (QED) is 0.854. The maximum atomic E-state index is 9.38. The van der Waals surface area contributed by atoms with Crippen molar-refractivity contribution in [2.45, 2.75) is 38.6 Å². The number of benzene rings is 1. The summed E-state index contributed by atoms with van der Waals surface area (Å²) >= 11 is 0. The second-order valence-corrected chi connectivity index (χ2v) is 4.05. The van der Waals surface area contributed by atoms with Gasteiger partial charge < -0.3 is 14.6 Å². The van der Waals surface area contributed by atoms with Crippen LogP contribution in [0.15, 0.2) is 24.3 Å². The van der Waals surface area contributed by atoms with Crippen LogP contribution in [-0.2, 0) is 4.74 Å². The van der Waals surface area contributed by atoms with E-state index in [2.05, 4.69) is 0 Å². The SMILES string of the molecule is CCC1(CC)Oc2ccccc2[C@@H](CO)O1. The number of fused-ring (bicyclic) bond motifs is 1. The van der Waals surface area contributed by atoms with Crippen LogP contribution in [0, 0.1) is 0 Å². The third kappa shape index (κ3) is 1.81. The van der Waals surface area contributed by atoms with Gasteiger partial charge in [-0.2, -0.15) is 0 Å². The van der Waals surface area contributed by atoms with Crippen LogP contribution in [0.25, 0.3) is 0 Å². The summed E-state index contributed by atoms with van der Waals surface area (Å²) in [7, 11) is 0. The second-order valence-electron chi connectivity index (χ2n) is 4.05. The number of hydrogen-bond acceptors (Lipinski definition) is 3. The van der Waals surface area contributed by atoms with Gasteiger partial charge in [0.2, 0.25) is 5.79 Å². The number of aliphatic hydroxyl groups is 1. The second kappa shape index (κ2) is 4.44. The van der Waals surface area contributed by atoms with Crippen LogP contribution in [0.1, 0.15) is 38.4 Å². The van der Waals surface area contributed by atoms with E-state index in [4.69, 9.17) is 9.47 Å². The molecule has 1 N–H and O–H groups in total. The molecular weight excluding hydrogens is 204 g/mol. The largest absolute Gasteiger partial charge is 0.462 e. The Kier molecular flexibility index (Phi) is 3.17. The minimum absolute atomic E-state index is 0.0118. The minimum atomic E-state index is -0.582. The minimum Gasteiger partial charge on any atom is -0.462 e. The van der Waals surface area contributed by atoms with Crippen LogP contribution in [0.4, 0.5) is 0 Å². The Hall–Kier alpha value is -1.06. The first-order chi connectivity index (χ1) is 7.74. The molecule has 0 spiro atoms. The molecule has 0 aromatic heterocycles. The van der Waals surface area contributed by atoms with E-state index in [9.17, 15) is 5.11 Å². The van der Waals surface area contributed by atoms with Crippen molar-refractivity contribution in [3.8, 4) is 5.75 Å². The fraction of sp³-hybridized carbons (Fsp3) is 0.538. The molecule has 0 fully saturated rings. The van der Waals surface area contributed by atoms with Gasteiger partial charge >= 0.3 is 0 Å². The molecule has 0 aliphatic carbocycles. The van der Waals surface area contributed by atoms with Gasteiger partial charge in [0.1, 0.15) is 11.9 Å². The fourth-order valence-electron chi connectivity index (χ4n) is 2.08. The maximum absolute atomic E-state index is 9.38. The molecule has 0 saturated heterocycles. The van der Waals surface area contributed by atoms with Crippen molar-refractivity contribution < 1.29 is 14.6 Å². The topological polar surface area (TPSA) is 38.7 Å². The summed E-state index contributed by atoms with van der Waals surface area (Å²) in [5.41, 5.74) is 0.933. The van der Waals surface area contributed by atoms with Crippen molar-refractivity contribution in [2.24, 2.45) is 0 Å². The molecule has 1 aromatic carbocycles. The molecule has 0 bridgehead atoms. The van der Waals surface area contributed by atoms with Crippen LogP contribution in [-0.4, -0.2) is 17.5 Å². The average Bonchev–Trinajstić information content (AvgIpc) is 2.37. The Bertz CT molecular complexity index is 358. The van der Waals surface area contributed by atoms with Crippen LogP contribution in [0.2, 0.25) is 0 Å². The van der Waals surface area contributed by atoms with E-state index in [0.717, 1.165) is 24.2 Å². The van der Waals surface area contributed by atoms with Gasteiger partial charge in [-0.05, 0) is 6.07 Å². The van der Waals surface area contributed by atoms with Gasteiger partial charge in [-0.3, -0.25) is 0 Å². The Morgan fingerprint density at radius 3 is 2.56 bits per heavy atom. The van der Waals surface area contributed by atoms with Gasteiger partial charge in [0, 0.05) is 18.4 Å². The van der Waals surface area contributed by atoms with E-state index in [0.29, 0.717) is 0 Å². The van der Waals surface area contributed by atoms with E-state index < -0.39 is 5.79 Å². The number of aliphatic hydroxyl groups excluding tert-OH is 1. The van der Waals surface area contributed by atoms with Crippen LogP contribution in [0.3, 0.4) is 0 Å². The standard InChI is InChI=1S/C13H18O3/c1-3-13(4-2)15-11-8-6-5-7-10(11)12(9-14)16-13/h5-8,12,14H,3-4,9H2,1-2H3/t12-/m1/s1. The molecular formula is C13H18O3. The van der Waals surface area contributed by atoms with Gasteiger partial charge in [-0.1, -0.05) is 32.0 Å². The molecule has 1 aliphatic rings. The highest BCUT2D eigenvalue weighted by Crippen LogP contribution is 2.41. The molecule has 1 aliphatic heterocycles. The molecule has 0 amide bonds. The molecule has 16 heavy (non-hydrogen) atoms. The van der Waals surface area contributed by atoms with Crippen LogP contribution >= 0.6 is 0 Å². The molecule has 1 aromatic rings. The first-order valence-corrected chi connectivity index (χ1v) is 5.81. The smallest absolute Gasteiger partial charge is 0.210 e. The van der Waals surface area contributed by atoms with E-state index in [1.165, 1.54) is 0 Å². The lowest BCUT2D eigenvalue weighted by atomic mass is 10.0. The third-order valence-corrected chi connectivity index (χ3v) is 3.16. The summed E-state index contributed by atoms with van der Waals surface area (Å²) in [5.74, 6) is 0.248.